The SMILES string of the molecule is COC(=O)c1c(NC(=O)COc2cccc(C)c2)sc2c1C(C(=O)OC)CC2. The van der Waals surface area contributed by atoms with E-state index in [-0.39, 0.29) is 12.2 Å². The molecule has 8 heteroatoms. The molecule has 0 bridgehead atoms. The summed E-state index contributed by atoms with van der Waals surface area (Å²) >= 11 is 1.28. The number of fused-ring (bicyclic) bond motifs is 1. The number of anilines is 1. The molecule has 1 aliphatic carbocycles. The average Bonchev–Trinajstić information content (AvgIpc) is 3.24. The Bertz CT molecular complexity index is 919. The summed E-state index contributed by atoms with van der Waals surface area (Å²) < 4.78 is 15.2. The second-order valence-electron chi connectivity index (χ2n) is 6.40. The summed E-state index contributed by atoms with van der Waals surface area (Å²) in [5, 5.41) is 3.08. The van der Waals surface area contributed by atoms with Gasteiger partial charge in [-0.05, 0) is 43.0 Å². The Morgan fingerprint density at radius 1 is 1.21 bits per heavy atom. The van der Waals surface area contributed by atoms with Gasteiger partial charge in [-0.25, -0.2) is 4.79 Å². The van der Waals surface area contributed by atoms with Gasteiger partial charge in [-0.15, -0.1) is 11.3 Å². The normalized spacial score (nSPS) is 14.9. The van der Waals surface area contributed by atoms with E-state index >= 15 is 0 Å². The molecule has 1 aromatic heterocycles. The highest BCUT2D eigenvalue weighted by molar-refractivity contribution is 7.17. The minimum absolute atomic E-state index is 0.201. The second kappa shape index (κ2) is 8.43. The van der Waals surface area contributed by atoms with E-state index in [0.29, 0.717) is 29.2 Å². The predicted octanol–water partition coefficient (Wildman–Crippen LogP) is 3.06. The van der Waals surface area contributed by atoms with Crippen molar-refractivity contribution in [2.45, 2.75) is 25.7 Å². The zero-order valence-corrected chi connectivity index (χ0v) is 16.7. The molecule has 1 aliphatic rings. The number of rotatable bonds is 6. The van der Waals surface area contributed by atoms with Crippen molar-refractivity contribution in [3.05, 3.63) is 45.8 Å². The van der Waals surface area contributed by atoms with Gasteiger partial charge >= 0.3 is 11.9 Å². The summed E-state index contributed by atoms with van der Waals surface area (Å²) in [6.45, 7) is 1.73. The summed E-state index contributed by atoms with van der Waals surface area (Å²) in [6, 6.07) is 7.36. The molecule has 3 rings (SSSR count). The number of esters is 2. The summed E-state index contributed by atoms with van der Waals surface area (Å²) in [4.78, 5) is 37.7. The first-order valence-electron chi connectivity index (χ1n) is 8.75. The zero-order valence-electron chi connectivity index (χ0n) is 15.9. The molecule has 1 heterocycles. The van der Waals surface area contributed by atoms with Gasteiger partial charge in [0.1, 0.15) is 10.8 Å². The summed E-state index contributed by atoms with van der Waals surface area (Å²) in [5.41, 5.74) is 1.84. The number of nitrogens with one attached hydrogen (secondary N) is 1. The number of hydrogen-bond acceptors (Lipinski definition) is 7. The van der Waals surface area contributed by atoms with Crippen LogP contribution in [0, 0.1) is 6.92 Å². The first kappa shape index (κ1) is 19.9. The summed E-state index contributed by atoms with van der Waals surface area (Å²) in [5.74, 6) is -1.34. The van der Waals surface area contributed by atoms with Gasteiger partial charge in [-0.2, -0.15) is 0 Å². The molecule has 1 aromatic carbocycles. The van der Waals surface area contributed by atoms with E-state index in [1.54, 1.807) is 6.07 Å². The fraction of sp³-hybridized carbons (Fsp3) is 0.350. The highest BCUT2D eigenvalue weighted by atomic mass is 32.1. The maximum absolute atomic E-state index is 12.4. The third kappa shape index (κ3) is 4.01. The van der Waals surface area contributed by atoms with Gasteiger partial charge in [-0.1, -0.05) is 12.1 Å². The number of aryl methyl sites for hydroxylation is 2. The van der Waals surface area contributed by atoms with E-state index in [4.69, 9.17) is 14.2 Å². The van der Waals surface area contributed by atoms with Crippen LogP contribution in [0.25, 0.3) is 0 Å². The van der Waals surface area contributed by atoms with Gasteiger partial charge < -0.3 is 19.5 Å². The number of thiophene rings is 1. The van der Waals surface area contributed by atoms with Gasteiger partial charge in [0, 0.05) is 4.88 Å². The van der Waals surface area contributed by atoms with Crippen LogP contribution in [0.5, 0.6) is 5.75 Å². The Labute approximate surface area is 166 Å². The van der Waals surface area contributed by atoms with Gasteiger partial charge in [0.05, 0.1) is 25.7 Å². The third-order valence-electron chi connectivity index (χ3n) is 4.52. The number of amides is 1. The van der Waals surface area contributed by atoms with Crippen molar-refractivity contribution < 1.29 is 28.6 Å². The fourth-order valence-corrected chi connectivity index (χ4v) is 4.53. The van der Waals surface area contributed by atoms with Crippen LogP contribution < -0.4 is 10.1 Å². The molecule has 0 fully saturated rings. The van der Waals surface area contributed by atoms with E-state index in [0.717, 1.165) is 10.4 Å². The van der Waals surface area contributed by atoms with Crippen molar-refractivity contribution in [3.63, 3.8) is 0 Å². The van der Waals surface area contributed by atoms with Gasteiger partial charge in [0.15, 0.2) is 6.61 Å². The minimum Gasteiger partial charge on any atom is -0.484 e. The van der Waals surface area contributed by atoms with Crippen molar-refractivity contribution in [3.8, 4) is 5.75 Å². The third-order valence-corrected chi connectivity index (χ3v) is 5.70. The van der Waals surface area contributed by atoms with Crippen molar-refractivity contribution in [2.24, 2.45) is 0 Å². The van der Waals surface area contributed by atoms with Crippen molar-refractivity contribution in [2.75, 3.05) is 26.1 Å². The highest BCUT2D eigenvalue weighted by Crippen LogP contribution is 2.45. The standard InChI is InChI=1S/C20H21NO6S/c1-11-5-4-6-12(9-11)27-10-15(22)21-18-17(20(24)26-3)16-13(19(23)25-2)7-8-14(16)28-18/h4-6,9,13H,7-8,10H2,1-3H3,(H,21,22). The molecule has 148 valence electrons. The molecule has 28 heavy (non-hydrogen) atoms. The molecule has 1 amide bonds. The number of benzene rings is 1. The Balaban J connectivity index is 1.79. The van der Waals surface area contributed by atoms with E-state index in [1.807, 2.05) is 25.1 Å². The monoisotopic (exact) mass is 403 g/mol. The number of methoxy groups -OCH3 is 2. The topological polar surface area (TPSA) is 90.9 Å². The zero-order chi connectivity index (χ0) is 20.3. The lowest BCUT2D eigenvalue weighted by molar-refractivity contribution is -0.142. The fourth-order valence-electron chi connectivity index (χ4n) is 3.25. The lowest BCUT2D eigenvalue weighted by Gasteiger charge is -2.12. The number of carbonyl (C=O) groups excluding carboxylic acids is 3. The van der Waals surface area contributed by atoms with Crippen LogP contribution in [0.4, 0.5) is 5.00 Å². The van der Waals surface area contributed by atoms with Crippen LogP contribution in [-0.4, -0.2) is 38.7 Å². The highest BCUT2D eigenvalue weighted by Gasteiger charge is 2.38. The number of carbonyl (C=O) groups is 3. The van der Waals surface area contributed by atoms with Gasteiger partial charge in [0.2, 0.25) is 0 Å². The molecular formula is C20H21NO6S. The minimum atomic E-state index is -0.594. The van der Waals surface area contributed by atoms with Crippen LogP contribution in [-0.2, 0) is 25.5 Å². The number of ether oxygens (including phenoxy) is 3. The molecule has 1 atom stereocenters. The smallest absolute Gasteiger partial charge is 0.341 e. The largest absolute Gasteiger partial charge is 0.484 e. The second-order valence-corrected chi connectivity index (χ2v) is 7.51. The van der Waals surface area contributed by atoms with Crippen LogP contribution in [0.2, 0.25) is 0 Å². The Morgan fingerprint density at radius 3 is 2.68 bits per heavy atom. The number of hydrogen-bond donors (Lipinski definition) is 1. The lowest BCUT2D eigenvalue weighted by Crippen LogP contribution is -2.22. The maximum Gasteiger partial charge on any atom is 0.341 e. The van der Waals surface area contributed by atoms with Gasteiger partial charge in [-0.3, -0.25) is 9.59 Å². The molecule has 1 N–H and O–H groups in total. The van der Waals surface area contributed by atoms with Gasteiger partial charge in [0.25, 0.3) is 5.91 Å². The van der Waals surface area contributed by atoms with Crippen molar-refractivity contribution >= 4 is 34.2 Å². The average molecular weight is 403 g/mol. The Morgan fingerprint density at radius 2 is 2.00 bits per heavy atom. The molecule has 1 unspecified atom stereocenters. The van der Waals surface area contributed by atoms with Crippen LogP contribution in [0.3, 0.4) is 0 Å². The maximum atomic E-state index is 12.4. The Kier molecular flexibility index (Phi) is 5.99. The van der Waals surface area contributed by atoms with E-state index in [9.17, 15) is 14.4 Å². The molecule has 0 saturated heterocycles. The van der Waals surface area contributed by atoms with E-state index in [2.05, 4.69) is 5.32 Å². The molecule has 0 spiro atoms. The van der Waals surface area contributed by atoms with E-state index < -0.39 is 23.8 Å². The quantitative estimate of drug-likeness (QED) is 0.746. The Hall–Kier alpha value is -2.87. The first-order valence-corrected chi connectivity index (χ1v) is 9.57. The molecule has 0 radical (unpaired) electrons. The van der Waals surface area contributed by atoms with Crippen LogP contribution >= 0.6 is 11.3 Å². The van der Waals surface area contributed by atoms with Crippen LogP contribution in [0.15, 0.2) is 24.3 Å². The molecule has 2 aromatic rings. The molecule has 7 nitrogen and oxygen atoms in total. The van der Waals surface area contributed by atoms with Crippen LogP contribution in [0.1, 0.15) is 38.7 Å². The van der Waals surface area contributed by atoms with Crippen molar-refractivity contribution in [1.82, 2.24) is 0 Å². The predicted molar refractivity (Wildman–Crippen MR) is 104 cm³/mol. The molecular weight excluding hydrogens is 382 g/mol. The summed E-state index contributed by atoms with van der Waals surface area (Å²) in [7, 11) is 2.58. The lowest BCUT2D eigenvalue weighted by atomic mass is 9.99. The molecule has 0 saturated carbocycles. The van der Waals surface area contributed by atoms with Crippen molar-refractivity contribution in [1.29, 1.82) is 0 Å². The first-order chi connectivity index (χ1) is 13.4. The summed E-state index contributed by atoms with van der Waals surface area (Å²) in [6.07, 6.45) is 1.21. The van der Waals surface area contributed by atoms with E-state index in [1.165, 1.54) is 25.6 Å². The molecule has 0 aliphatic heterocycles.